The van der Waals surface area contributed by atoms with Crippen molar-refractivity contribution in [3.8, 4) is 5.75 Å². The van der Waals surface area contributed by atoms with E-state index in [1.165, 1.54) is 23.3 Å². The molecule has 0 radical (unpaired) electrons. The number of esters is 1. The van der Waals surface area contributed by atoms with Gasteiger partial charge in [-0.3, -0.25) is 10.1 Å². The van der Waals surface area contributed by atoms with Gasteiger partial charge in [0.25, 0.3) is 5.91 Å². The molecular weight excluding hydrogens is 396 g/mol. The molecule has 0 saturated heterocycles. The highest BCUT2D eigenvalue weighted by atomic mass is 32.1. The number of ether oxygens (including phenoxy) is 2. The number of para-hydroxylation sites is 1. The monoisotopic (exact) mass is 418 g/mol. The second kappa shape index (κ2) is 9.16. The number of nitrogens with one attached hydrogen (secondary N) is 2. The molecule has 8 heteroatoms. The van der Waals surface area contributed by atoms with Gasteiger partial charge in [-0.25, -0.2) is 4.79 Å². The molecule has 2 aromatic rings. The van der Waals surface area contributed by atoms with Crippen molar-refractivity contribution in [1.82, 2.24) is 5.32 Å². The Bertz CT molecular complexity index is 908. The first-order valence-electron chi connectivity index (χ1n) is 9.12. The molecule has 0 bridgehead atoms. The summed E-state index contributed by atoms with van der Waals surface area (Å²) in [5, 5.41) is 6.42. The van der Waals surface area contributed by atoms with Crippen LogP contribution in [0.2, 0.25) is 0 Å². The van der Waals surface area contributed by atoms with Gasteiger partial charge < -0.3 is 14.8 Å². The smallest absolute Gasteiger partial charge is 0.341 e. The highest BCUT2D eigenvalue weighted by molar-refractivity contribution is 7.80. The van der Waals surface area contributed by atoms with E-state index in [1.54, 1.807) is 31.2 Å². The summed E-state index contributed by atoms with van der Waals surface area (Å²) >= 11 is 6.81. The quantitative estimate of drug-likeness (QED) is 0.566. The minimum absolute atomic E-state index is 0.125. The summed E-state index contributed by atoms with van der Waals surface area (Å²) in [6, 6.07) is 6.90. The van der Waals surface area contributed by atoms with Gasteiger partial charge in [0.05, 0.1) is 24.8 Å². The van der Waals surface area contributed by atoms with Gasteiger partial charge in [-0.15, -0.1) is 11.3 Å². The number of amides is 1. The molecule has 2 N–H and O–H groups in total. The van der Waals surface area contributed by atoms with E-state index in [9.17, 15) is 9.59 Å². The average molecular weight is 419 g/mol. The largest absolute Gasteiger partial charge is 0.496 e. The Kier molecular flexibility index (Phi) is 6.64. The molecule has 1 aromatic carbocycles. The number of benzene rings is 1. The highest BCUT2D eigenvalue weighted by Gasteiger charge is 2.27. The summed E-state index contributed by atoms with van der Waals surface area (Å²) in [5.74, 6) is -0.279. The molecule has 1 heterocycles. The lowest BCUT2D eigenvalue weighted by atomic mass is 9.95. The molecule has 0 unspecified atom stereocenters. The number of aryl methyl sites for hydroxylation is 1. The number of fused-ring (bicyclic) bond motifs is 1. The fourth-order valence-corrected chi connectivity index (χ4v) is 4.75. The Labute approximate surface area is 173 Å². The molecule has 28 heavy (non-hydrogen) atoms. The summed E-state index contributed by atoms with van der Waals surface area (Å²) in [4.78, 5) is 26.2. The predicted octanol–water partition coefficient (Wildman–Crippen LogP) is 3.94. The van der Waals surface area contributed by atoms with E-state index in [2.05, 4.69) is 10.6 Å². The van der Waals surface area contributed by atoms with Gasteiger partial charge in [0.2, 0.25) is 0 Å². The Balaban J connectivity index is 1.79. The summed E-state index contributed by atoms with van der Waals surface area (Å²) in [5.41, 5.74) is 1.96. The Morgan fingerprint density at radius 2 is 1.96 bits per heavy atom. The Morgan fingerprint density at radius 1 is 1.21 bits per heavy atom. The summed E-state index contributed by atoms with van der Waals surface area (Å²) in [6.45, 7) is 2.08. The van der Waals surface area contributed by atoms with Crippen LogP contribution in [0.15, 0.2) is 24.3 Å². The van der Waals surface area contributed by atoms with Crippen LogP contribution in [0.5, 0.6) is 5.75 Å². The molecule has 148 valence electrons. The molecule has 3 rings (SSSR count). The normalized spacial score (nSPS) is 12.6. The maximum absolute atomic E-state index is 12.5. The van der Waals surface area contributed by atoms with E-state index < -0.39 is 0 Å². The molecule has 1 aliphatic carbocycles. The lowest BCUT2D eigenvalue weighted by Gasteiger charge is -2.13. The molecule has 1 amide bonds. The molecule has 0 atom stereocenters. The third-order valence-electron chi connectivity index (χ3n) is 4.46. The SMILES string of the molecule is CCOC(=O)c1c(NC(=S)NC(=O)c2ccccc2OC)sc2c1CCCC2. The lowest BCUT2D eigenvalue weighted by Crippen LogP contribution is -2.34. The number of thiocarbonyl (C=S) groups is 1. The maximum Gasteiger partial charge on any atom is 0.341 e. The zero-order valence-corrected chi connectivity index (χ0v) is 17.4. The van der Waals surface area contributed by atoms with Gasteiger partial charge in [-0.2, -0.15) is 0 Å². The topological polar surface area (TPSA) is 76.7 Å². The summed E-state index contributed by atoms with van der Waals surface area (Å²) in [6.07, 6.45) is 3.94. The molecule has 0 aliphatic heterocycles. The van der Waals surface area contributed by atoms with Crippen LogP contribution in [0.1, 0.15) is 50.9 Å². The van der Waals surface area contributed by atoms with Gasteiger partial charge in [-0.05, 0) is 62.5 Å². The van der Waals surface area contributed by atoms with Gasteiger partial charge in [0, 0.05) is 4.88 Å². The standard InChI is InChI=1S/C20H22N2O4S2/c1-3-26-19(24)16-13-9-5-7-11-15(13)28-18(16)22-20(27)21-17(23)12-8-4-6-10-14(12)25-2/h4,6,8,10H,3,5,7,9,11H2,1-2H3,(H2,21,22,23,27). The second-order valence-corrected chi connectivity index (χ2v) is 7.76. The molecule has 1 aliphatic rings. The highest BCUT2D eigenvalue weighted by Crippen LogP contribution is 2.38. The van der Waals surface area contributed by atoms with Gasteiger partial charge >= 0.3 is 5.97 Å². The van der Waals surface area contributed by atoms with Crippen LogP contribution in [0.25, 0.3) is 0 Å². The van der Waals surface area contributed by atoms with Crippen LogP contribution < -0.4 is 15.4 Å². The number of hydrogen-bond donors (Lipinski definition) is 2. The number of rotatable bonds is 5. The maximum atomic E-state index is 12.5. The number of methoxy groups -OCH3 is 1. The first kappa shape index (κ1) is 20.3. The number of hydrogen-bond acceptors (Lipinski definition) is 6. The number of carbonyl (C=O) groups is 2. The van der Waals surface area contributed by atoms with Crippen LogP contribution in [-0.4, -0.2) is 30.7 Å². The first-order valence-corrected chi connectivity index (χ1v) is 10.3. The third-order valence-corrected chi connectivity index (χ3v) is 5.87. The molecule has 0 spiro atoms. The van der Waals surface area contributed by atoms with Crippen molar-refractivity contribution in [2.45, 2.75) is 32.6 Å². The average Bonchev–Trinajstić information content (AvgIpc) is 3.05. The molecule has 6 nitrogen and oxygen atoms in total. The second-order valence-electron chi connectivity index (χ2n) is 6.24. The van der Waals surface area contributed by atoms with Crippen molar-refractivity contribution in [3.63, 3.8) is 0 Å². The van der Waals surface area contributed by atoms with Crippen molar-refractivity contribution < 1.29 is 19.1 Å². The summed E-state index contributed by atoms with van der Waals surface area (Å²) < 4.78 is 10.5. The van der Waals surface area contributed by atoms with Gasteiger partial charge in [0.15, 0.2) is 5.11 Å². The van der Waals surface area contributed by atoms with Crippen molar-refractivity contribution in [1.29, 1.82) is 0 Å². The van der Waals surface area contributed by atoms with E-state index >= 15 is 0 Å². The number of thiophene rings is 1. The minimum Gasteiger partial charge on any atom is -0.496 e. The van der Waals surface area contributed by atoms with Crippen molar-refractivity contribution in [3.05, 3.63) is 45.8 Å². The van der Waals surface area contributed by atoms with E-state index in [4.69, 9.17) is 21.7 Å². The zero-order valence-electron chi connectivity index (χ0n) is 15.8. The minimum atomic E-state index is -0.381. The fraction of sp³-hybridized carbons (Fsp3) is 0.350. The van der Waals surface area contributed by atoms with Crippen molar-refractivity contribution in [2.24, 2.45) is 0 Å². The number of anilines is 1. The van der Waals surface area contributed by atoms with Crippen LogP contribution in [0, 0.1) is 0 Å². The Hall–Kier alpha value is -2.45. The Morgan fingerprint density at radius 3 is 2.71 bits per heavy atom. The van der Waals surface area contributed by atoms with E-state index in [-0.39, 0.29) is 17.0 Å². The zero-order chi connectivity index (χ0) is 20.1. The van der Waals surface area contributed by atoms with Crippen molar-refractivity contribution in [2.75, 3.05) is 19.0 Å². The van der Waals surface area contributed by atoms with Crippen LogP contribution in [0.3, 0.4) is 0 Å². The van der Waals surface area contributed by atoms with E-state index in [0.29, 0.717) is 28.5 Å². The van der Waals surface area contributed by atoms with Crippen molar-refractivity contribution >= 4 is 45.5 Å². The molecule has 0 saturated carbocycles. The van der Waals surface area contributed by atoms with Crippen LogP contribution in [0.4, 0.5) is 5.00 Å². The molecule has 1 aromatic heterocycles. The summed E-state index contributed by atoms with van der Waals surface area (Å²) in [7, 11) is 1.50. The third kappa shape index (κ3) is 4.34. The molecular formula is C20H22N2O4S2. The first-order chi connectivity index (χ1) is 13.5. The fourth-order valence-electron chi connectivity index (χ4n) is 3.21. The van der Waals surface area contributed by atoms with Gasteiger partial charge in [0.1, 0.15) is 10.8 Å². The lowest BCUT2D eigenvalue weighted by molar-refractivity contribution is 0.0526. The van der Waals surface area contributed by atoms with Crippen LogP contribution >= 0.6 is 23.6 Å². The molecule has 0 fully saturated rings. The van der Waals surface area contributed by atoms with Gasteiger partial charge in [-0.1, -0.05) is 12.1 Å². The number of carbonyl (C=O) groups excluding carboxylic acids is 2. The predicted molar refractivity (Wildman–Crippen MR) is 114 cm³/mol. The van der Waals surface area contributed by atoms with Crippen LogP contribution in [-0.2, 0) is 17.6 Å². The van der Waals surface area contributed by atoms with E-state index in [1.807, 2.05) is 0 Å². The van der Waals surface area contributed by atoms with E-state index in [0.717, 1.165) is 31.2 Å².